The number of nitrogens with one attached hydrogen (secondary N) is 1. The number of carbonyl (C=O) groups excluding carboxylic acids is 2. The second-order valence-electron chi connectivity index (χ2n) is 5.55. The van der Waals surface area contributed by atoms with E-state index < -0.39 is 11.8 Å². The van der Waals surface area contributed by atoms with Gasteiger partial charge in [0.15, 0.2) is 0 Å². The lowest BCUT2D eigenvalue weighted by molar-refractivity contribution is -0.146. The van der Waals surface area contributed by atoms with Crippen molar-refractivity contribution in [2.24, 2.45) is 0 Å². The summed E-state index contributed by atoms with van der Waals surface area (Å²) in [7, 11) is 0. The standard InChI is InChI=1S/C19H20Cl2N2O2/c1-2-23(13-14-6-4-3-5-7-14)19(25)18(24)22-11-10-15-8-9-16(20)12-17(15)21/h3-9,12H,2,10-11,13H2,1H3,(H,22,24). The molecule has 2 aromatic rings. The van der Waals surface area contributed by atoms with Gasteiger partial charge in [0.2, 0.25) is 0 Å². The van der Waals surface area contributed by atoms with Crippen LogP contribution < -0.4 is 5.32 Å². The van der Waals surface area contributed by atoms with Crippen LogP contribution in [0, 0.1) is 0 Å². The minimum Gasteiger partial charge on any atom is -0.347 e. The van der Waals surface area contributed by atoms with Gasteiger partial charge in [-0.3, -0.25) is 9.59 Å². The summed E-state index contributed by atoms with van der Waals surface area (Å²) in [4.78, 5) is 25.9. The molecule has 2 amide bonds. The average molecular weight is 379 g/mol. The Labute approximate surface area is 157 Å². The van der Waals surface area contributed by atoms with Crippen molar-refractivity contribution < 1.29 is 9.59 Å². The van der Waals surface area contributed by atoms with E-state index in [-0.39, 0.29) is 0 Å². The third kappa shape index (κ3) is 5.76. The molecule has 25 heavy (non-hydrogen) atoms. The molecule has 0 bridgehead atoms. The molecule has 0 saturated heterocycles. The van der Waals surface area contributed by atoms with Crippen molar-refractivity contribution in [1.82, 2.24) is 10.2 Å². The van der Waals surface area contributed by atoms with Crippen LogP contribution in [0.2, 0.25) is 10.0 Å². The van der Waals surface area contributed by atoms with Gasteiger partial charge < -0.3 is 10.2 Å². The molecule has 0 fully saturated rings. The maximum Gasteiger partial charge on any atom is 0.312 e. The molecule has 0 atom stereocenters. The first-order chi connectivity index (χ1) is 12.0. The third-order valence-corrected chi connectivity index (χ3v) is 4.36. The first-order valence-electron chi connectivity index (χ1n) is 8.06. The monoisotopic (exact) mass is 378 g/mol. The van der Waals surface area contributed by atoms with Gasteiger partial charge in [0, 0.05) is 29.7 Å². The first-order valence-corrected chi connectivity index (χ1v) is 8.81. The molecule has 1 N–H and O–H groups in total. The van der Waals surface area contributed by atoms with Gasteiger partial charge in [-0.1, -0.05) is 59.6 Å². The molecule has 0 aromatic heterocycles. The van der Waals surface area contributed by atoms with Crippen LogP contribution in [-0.2, 0) is 22.6 Å². The second-order valence-corrected chi connectivity index (χ2v) is 6.39. The summed E-state index contributed by atoms with van der Waals surface area (Å²) in [5, 5.41) is 3.76. The number of amides is 2. The highest BCUT2D eigenvalue weighted by molar-refractivity contribution is 6.35. The van der Waals surface area contributed by atoms with Gasteiger partial charge in [0.1, 0.15) is 0 Å². The molecule has 0 aliphatic rings. The molecule has 2 rings (SSSR count). The molecular weight excluding hydrogens is 359 g/mol. The van der Waals surface area contributed by atoms with Crippen molar-refractivity contribution in [2.75, 3.05) is 13.1 Å². The van der Waals surface area contributed by atoms with Crippen LogP contribution in [0.15, 0.2) is 48.5 Å². The van der Waals surface area contributed by atoms with Gasteiger partial charge in [-0.2, -0.15) is 0 Å². The van der Waals surface area contributed by atoms with E-state index in [0.717, 1.165) is 11.1 Å². The molecule has 0 unspecified atom stereocenters. The summed E-state index contributed by atoms with van der Waals surface area (Å²) < 4.78 is 0. The highest BCUT2D eigenvalue weighted by atomic mass is 35.5. The molecule has 0 saturated carbocycles. The Balaban J connectivity index is 1.87. The van der Waals surface area contributed by atoms with Gasteiger partial charge in [0.25, 0.3) is 0 Å². The van der Waals surface area contributed by atoms with Crippen molar-refractivity contribution in [1.29, 1.82) is 0 Å². The maximum absolute atomic E-state index is 12.3. The normalized spacial score (nSPS) is 10.4. The molecule has 2 aromatic carbocycles. The largest absolute Gasteiger partial charge is 0.347 e. The van der Waals surface area contributed by atoms with Crippen LogP contribution in [0.1, 0.15) is 18.1 Å². The number of benzene rings is 2. The molecule has 4 nitrogen and oxygen atoms in total. The van der Waals surface area contributed by atoms with Crippen LogP contribution in [0.25, 0.3) is 0 Å². The van der Waals surface area contributed by atoms with E-state index in [0.29, 0.717) is 36.1 Å². The van der Waals surface area contributed by atoms with Gasteiger partial charge in [0.05, 0.1) is 0 Å². The molecular formula is C19H20Cl2N2O2. The smallest absolute Gasteiger partial charge is 0.312 e. The molecule has 0 heterocycles. The lowest BCUT2D eigenvalue weighted by Crippen LogP contribution is -2.43. The zero-order valence-electron chi connectivity index (χ0n) is 14.0. The van der Waals surface area contributed by atoms with Crippen molar-refractivity contribution >= 4 is 35.0 Å². The van der Waals surface area contributed by atoms with Crippen molar-refractivity contribution in [2.45, 2.75) is 19.9 Å². The van der Waals surface area contributed by atoms with Gasteiger partial charge in [-0.25, -0.2) is 0 Å². The first kappa shape index (κ1) is 19.3. The van der Waals surface area contributed by atoms with Crippen molar-refractivity contribution in [3.05, 3.63) is 69.7 Å². The van der Waals surface area contributed by atoms with Crippen LogP contribution in [0.4, 0.5) is 0 Å². The van der Waals surface area contributed by atoms with E-state index in [1.165, 1.54) is 4.90 Å². The van der Waals surface area contributed by atoms with E-state index in [9.17, 15) is 9.59 Å². The number of carbonyl (C=O) groups is 2. The van der Waals surface area contributed by atoms with E-state index in [4.69, 9.17) is 23.2 Å². The van der Waals surface area contributed by atoms with Crippen molar-refractivity contribution in [3.8, 4) is 0 Å². The Morgan fingerprint density at radius 3 is 2.44 bits per heavy atom. The Bertz CT molecular complexity index is 735. The highest BCUT2D eigenvalue weighted by Gasteiger charge is 2.20. The summed E-state index contributed by atoms with van der Waals surface area (Å²) >= 11 is 12.0. The summed E-state index contributed by atoms with van der Waals surface area (Å²) in [5.41, 5.74) is 1.86. The molecule has 0 radical (unpaired) electrons. The van der Waals surface area contributed by atoms with Crippen LogP contribution in [0.3, 0.4) is 0 Å². The molecule has 0 aliphatic heterocycles. The van der Waals surface area contributed by atoms with Crippen LogP contribution in [0.5, 0.6) is 0 Å². The molecule has 6 heteroatoms. The number of likely N-dealkylation sites (N-methyl/N-ethyl adjacent to an activating group) is 1. The lowest BCUT2D eigenvalue weighted by Gasteiger charge is -2.20. The molecule has 0 aliphatic carbocycles. The van der Waals surface area contributed by atoms with Gasteiger partial charge in [-0.15, -0.1) is 0 Å². The summed E-state index contributed by atoms with van der Waals surface area (Å²) in [5.74, 6) is -1.14. The quantitative estimate of drug-likeness (QED) is 0.779. The SMILES string of the molecule is CCN(Cc1ccccc1)C(=O)C(=O)NCCc1ccc(Cl)cc1Cl. The Hall–Kier alpha value is -2.04. The minimum absolute atomic E-state index is 0.328. The van der Waals surface area contributed by atoms with E-state index in [2.05, 4.69) is 5.32 Å². The topological polar surface area (TPSA) is 49.4 Å². The maximum atomic E-state index is 12.3. The lowest BCUT2D eigenvalue weighted by atomic mass is 10.1. The fourth-order valence-electron chi connectivity index (χ4n) is 2.39. The number of halogens is 2. The number of hydrogen-bond acceptors (Lipinski definition) is 2. The fourth-order valence-corrected chi connectivity index (χ4v) is 2.89. The van der Waals surface area contributed by atoms with Gasteiger partial charge in [-0.05, 0) is 36.6 Å². The number of hydrogen-bond donors (Lipinski definition) is 1. The summed E-state index contributed by atoms with van der Waals surface area (Å²) in [6, 6.07) is 14.8. The van der Waals surface area contributed by atoms with E-state index in [1.807, 2.05) is 43.3 Å². The zero-order chi connectivity index (χ0) is 18.2. The Morgan fingerprint density at radius 1 is 1.08 bits per heavy atom. The predicted molar refractivity (Wildman–Crippen MR) is 101 cm³/mol. The second kappa shape index (κ2) is 9.44. The Kier molecular flexibility index (Phi) is 7.29. The predicted octanol–water partition coefficient (Wildman–Crippen LogP) is 3.70. The number of rotatable bonds is 6. The average Bonchev–Trinajstić information content (AvgIpc) is 2.61. The molecule has 0 spiro atoms. The third-order valence-electron chi connectivity index (χ3n) is 3.77. The van der Waals surface area contributed by atoms with E-state index >= 15 is 0 Å². The summed E-state index contributed by atoms with van der Waals surface area (Å²) in [6.07, 6.45) is 0.528. The van der Waals surface area contributed by atoms with Crippen LogP contribution in [-0.4, -0.2) is 29.8 Å². The van der Waals surface area contributed by atoms with Gasteiger partial charge >= 0.3 is 11.8 Å². The minimum atomic E-state index is -0.608. The molecule has 132 valence electrons. The summed E-state index contributed by atoms with van der Waals surface area (Å²) in [6.45, 7) is 3.05. The van der Waals surface area contributed by atoms with Crippen molar-refractivity contribution in [3.63, 3.8) is 0 Å². The van der Waals surface area contributed by atoms with Crippen LogP contribution >= 0.6 is 23.2 Å². The zero-order valence-corrected chi connectivity index (χ0v) is 15.5. The fraction of sp³-hybridized carbons (Fsp3) is 0.263. The Morgan fingerprint density at radius 2 is 1.80 bits per heavy atom. The van der Waals surface area contributed by atoms with E-state index in [1.54, 1.807) is 12.1 Å². The highest BCUT2D eigenvalue weighted by Crippen LogP contribution is 2.21. The number of nitrogens with zero attached hydrogens (tertiary/aromatic N) is 1.